The Bertz CT molecular complexity index is 214. The minimum Gasteiger partial charge on any atom is -0.352 e. The maximum absolute atomic E-state index is 10.5. The topological polar surface area (TPSA) is 70.4 Å². The van der Waals surface area contributed by atoms with Crippen molar-refractivity contribution in [3.63, 3.8) is 0 Å². The van der Waals surface area contributed by atoms with E-state index in [1.54, 1.807) is 0 Å². The Balaban J connectivity index is 2.10. The number of urea groups is 1. The van der Waals surface area contributed by atoms with Crippen LogP contribution >= 0.6 is 0 Å². The van der Waals surface area contributed by atoms with Gasteiger partial charge in [-0.2, -0.15) is 0 Å². The van der Waals surface area contributed by atoms with Crippen molar-refractivity contribution in [2.75, 3.05) is 33.2 Å². The van der Waals surface area contributed by atoms with E-state index in [-0.39, 0.29) is 0 Å². The van der Waals surface area contributed by atoms with Gasteiger partial charge >= 0.3 is 6.03 Å². The molecule has 1 heterocycles. The van der Waals surface area contributed by atoms with E-state index < -0.39 is 6.03 Å². The van der Waals surface area contributed by atoms with E-state index in [2.05, 4.69) is 29.5 Å². The van der Waals surface area contributed by atoms with Gasteiger partial charge in [0.2, 0.25) is 0 Å². The van der Waals surface area contributed by atoms with Crippen LogP contribution in [0.25, 0.3) is 0 Å². The summed E-state index contributed by atoms with van der Waals surface area (Å²) in [6, 6.07) is 0.0668. The number of piperidine rings is 1. The summed E-state index contributed by atoms with van der Waals surface area (Å²) in [5.74, 6) is 0.754. The van der Waals surface area contributed by atoms with Crippen molar-refractivity contribution in [3.8, 4) is 0 Å². The van der Waals surface area contributed by atoms with Gasteiger partial charge in [0.1, 0.15) is 0 Å². The van der Waals surface area contributed by atoms with E-state index in [1.807, 2.05) is 0 Å². The molecule has 94 valence electrons. The predicted octanol–water partition coefficient (Wildman–Crippen LogP) is -0.0254. The number of hydrogen-bond donors (Lipinski definition) is 3. The Kier molecular flexibility index (Phi) is 5.55. The number of hydrogen-bond acceptors (Lipinski definition) is 3. The summed E-state index contributed by atoms with van der Waals surface area (Å²) in [5.41, 5.74) is 4.98. The predicted molar refractivity (Wildman–Crippen MR) is 65.3 cm³/mol. The van der Waals surface area contributed by atoms with E-state index >= 15 is 0 Å². The molecule has 1 atom stereocenters. The van der Waals surface area contributed by atoms with Crippen molar-refractivity contribution in [2.24, 2.45) is 11.7 Å². The first kappa shape index (κ1) is 13.3. The van der Waals surface area contributed by atoms with Gasteiger partial charge in [0.05, 0.1) is 0 Å². The van der Waals surface area contributed by atoms with Crippen molar-refractivity contribution in [2.45, 2.75) is 25.8 Å². The molecule has 16 heavy (non-hydrogen) atoms. The number of rotatable bonds is 5. The zero-order valence-electron chi connectivity index (χ0n) is 10.3. The van der Waals surface area contributed by atoms with Gasteiger partial charge in [-0.05, 0) is 45.8 Å². The normalized spacial score (nSPS) is 20.6. The number of likely N-dealkylation sites (tertiary alicyclic amines) is 1. The van der Waals surface area contributed by atoms with Crippen LogP contribution in [0.5, 0.6) is 0 Å². The molecule has 1 aliphatic heterocycles. The fourth-order valence-corrected chi connectivity index (χ4v) is 2.18. The Labute approximate surface area is 97.7 Å². The monoisotopic (exact) mass is 228 g/mol. The molecule has 0 bridgehead atoms. The van der Waals surface area contributed by atoms with Gasteiger partial charge in [0.25, 0.3) is 0 Å². The second-order valence-corrected chi connectivity index (χ2v) is 4.67. The molecule has 1 rings (SSSR count). The van der Waals surface area contributed by atoms with E-state index in [0.29, 0.717) is 12.6 Å². The number of carbonyl (C=O) groups is 1. The van der Waals surface area contributed by atoms with Crippen molar-refractivity contribution in [1.29, 1.82) is 0 Å². The summed E-state index contributed by atoms with van der Waals surface area (Å²) < 4.78 is 0. The number of carbonyl (C=O) groups excluding carboxylic acids is 1. The maximum Gasteiger partial charge on any atom is 0.312 e. The summed E-state index contributed by atoms with van der Waals surface area (Å²) >= 11 is 0. The second kappa shape index (κ2) is 6.70. The third-order valence-corrected chi connectivity index (χ3v) is 3.36. The third-order valence-electron chi connectivity index (χ3n) is 3.36. The Morgan fingerprint density at radius 2 is 2.06 bits per heavy atom. The lowest BCUT2D eigenvalue weighted by Gasteiger charge is -2.33. The molecule has 0 saturated carbocycles. The molecule has 0 aromatic heterocycles. The van der Waals surface area contributed by atoms with Crippen LogP contribution in [0, 0.1) is 5.92 Å². The third kappa shape index (κ3) is 4.81. The maximum atomic E-state index is 10.5. The molecular weight excluding hydrogens is 204 g/mol. The largest absolute Gasteiger partial charge is 0.352 e. The van der Waals surface area contributed by atoms with Crippen molar-refractivity contribution < 1.29 is 4.79 Å². The number of nitrogens with two attached hydrogens (primary N) is 1. The molecule has 4 N–H and O–H groups in total. The van der Waals surface area contributed by atoms with Gasteiger partial charge in [-0.1, -0.05) is 0 Å². The van der Waals surface area contributed by atoms with Gasteiger partial charge in [-0.3, -0.25) is 0 Å². The molecule has 1 aliphatic rings. The molecule has 1 saturated heterocycles. The van der Waals surface area contributed by atoms with Gasteiger partial charge in [-0.25, -0.2) is 4.79 Å². The van der Waals surface area contributed by atoms with Crippen LogP contribution in [0.3, 0.4) is 0 Å². The average molecular weight is 228 g/mol. The lowest BCUT2D eigenvalue weighted by Crippen LogP contribution is -2.43. The van der Waals surface area contributed by atoms with Gasteiger partial charge in [0.15, 0.2) is 0 Å². The smallest absolute Gasteiger partial charge is 0.312 e. The highest BCUT2D eigenvalue weighted by atomic mass is 16.2. The lowest BCUT2D eigenvalue weighted by atomic mass is 9.90. The van der Waals surface area contributed by atoms with Crippen LogP contribution in [0.2, 0.25) is 0 Å². The zero-order chi connectivity index (χ0) is 12.0. The lowest BCUT2D eigenvalue weighted by molar-refractivity contribution is 0.190. The van der Waals surface area contributed by atoms with Crippen molar-refractivity contribution in [1.82, 2.24) is 15.5 Å². The summed E-state index contributed by atoms with van der Waals surface area (Å²) in [7, 11) is 2.17. The summed E-state index contributed by atoms with van der Waals surface area (Å²) in [6.07, 6.45) is 2.52. The fraction of sp³-hybridized carbons (Fsp3) is 0.909. The first-order chi connectivity index (χ1) is 7.59. The SMILES string of the molecule is CC(NCCNC(N)=O)C1CCN(C)CC1. The van der Waals surface area contributed by atoms with Crippen molar-refractivity contribution >= 4 is 6.03 Å². The number of nitrogens with one attached hydrogen (secondary N) is 2. The van der Waals surface area contributed by atoms with Crippen LogP contribution < -0.4 is 16.4 Å². The molecule has 2 amide bonds. The van der Waals surface area contributed by atoms with Crippen LogP contribution in [0.1, 0.15) is 19.8 Å². The molecule has 0 aromatic rings. The first-order valence-electron chi connectivity index (χ1n) is 6.05. The van der Waals surface area contributed by atoms with Crippen LogP contribution in [0.15, 0.2) is 0 Å². The number of amides is 2. The molecule has 0 spiro atoms. The molecule has 5 heteroatoms. The molecule has 0 aromatic carbocycles. The minimum absolute atomic E-state index is 0.450. The molecule has 5 nitrogen and oxygen atoms in total. The molecular formula is C11H24N4O. The summed E-state index contributed by atoms with van der Waals surface area (Å²) in [6.45, 7) is 6.00. The number of primary amides is 1. The average Bonchev–Trinajstić information content (AvgIpc) is 2.25. The van der Waals surface area contributed by atoms with E-state index in [9.17, 15) is 4.79 Å². The number of nitrogens with zero attached hydrogens (tertiary/aromatic N) is 1. The minimum atomic E-state index is -0.450. The fourth-order valence-electron chi connectivity index (χ4n) is 2.18. The van der Waals surface area contributed by atoms with Crippen LogP contribution in [-0.2, 0) is 0 Å². The van der Waals surface area contributed by atoms with E-state index in [0.717, 1.165) is 12.5 Å². The van der Waals surface area contributed by atoms with Gasteiger partial charge < -0.3 is 21.3 Å². The highest BCUT2D eigenvalue weighted by Crippen LogP contribution is 2.19. The van der Waals surface area contributed by atoms with Crippen LogP contribution in [-0.4, -0.2) is 50.2 Å². The first-order valence-corrected chi connectivity index (χ1v) is 6.05. The molecule has 0 aliphatic carbocycles. The van der Waals surface area contributed by atoms with E-state index in [1.165, 1.54) is 25.9 Å². The molecule has 1 unspecified atom stereocenters. The van der Waals surface area contributed by atoms with E-state index in [4.69, 9.17) is 5.73 Å². The highest BCUT2D eigenvalue weighted by Gasteiger charge is 2.21. The Morgan fingerprint density at radius 1 is 1.44 bits per heavy atom. The summed E-state index contributed by atoms with van der Waals surface area (Å²) in [5, 5.41) is 6.01. The molecule has 0 radical (unpaired) electrons. The van der Waals surface area contributed by atoms with Gasteiger partial charge in [-0.15, -0.1) is 0 Å². The highest BCUT2D eigenvalue weighted by molar-refractivity contribution is 5.71. The Hall–Kier alpha value is -0.810. The zero-order valence-corrected chi connectivity index (χ0v) is 10.3. The quantitative estimate of drug-likeness (QED) is 0.579. The Morgan fingerprint density at radius 3 is 2.62 bits per heavy atom. The van der Waals surface area contributed by atoms with Crippen molar-refractivity contribution in [3.05, 3.63) is 0 Å². The van der Waals surface area contributed by atoms with Gasteiger partial charge in [0, 0.05) is 19.1 Å². The van der Waals surface area contributed by atoms with Crippen LogP contribution in [0.4, 0.5) is 4.79 Å². The standard InChI is InChI=1S/C11H24N4O/c1-9(13-5-6-14-11(12)16)10-3-7-15(2)8-4-10/h9-10,13H,3-8H2,1-2H3,(H3,12,14,16). The summed E-state index contributed by atoms with van der Waals surface area (Å²) in [4.78, 5) is 12.8. The molecule has 1 fully saturated rings. The second-order valence-electron chi connectivity index (χ2n) is 4.67.